The molecule has 2 amide bonds. The highest BCUT2D eigenvalue weighted by molar-refractivity contribution is 5.92. The summed E-state index contributed by atoms with van der Waals surface area (Å²) in [5.74, 6) is -3.03. The molecule has 7 heteroatoms. The summed E-state index contributed by atoms with van der Waals surface area (Å²) >= 11 is 0. The normalized spacial score (nSPS) is 11.8. The summed E-state index contributed by atoms with van der Waals surface area (Å²) in [5.41, 5.74) is -0.417. The van der Waals surface area contributed by atoms with Crippen LogP contribution in [0.25, 0.3) is 0 Å². The summed E-state index contributed by atoms with van der Waals surface area (Å²) in [6.07, 6.45) is 0. The number of halogens is 2. The summed E-state index contributed by atoms with van der Waals surface area (Å²) in [6.45, 7) is 2.71. The van der Waals surface area contributed by atoms with Crippen molar-refractivity contribution in [1.82, 2.24) is 4.90 Å². The van der Waals surface area contributed by atoms with Crippen LogP contribution in [0.3, 0.4) is 0 Å². The molecule has 2 N–H and O–H groups in total. The first-order valence-corrected chi connectivity index (χ1v) is 5.47. The van der Waals surface area contributed by atoms with Gasteiger partial charge in [0.1, 0.15) is 17.5 Å². The minimum Gasteiger partial charge on any atom is -0.480 e. The average Bonchev–Trinajstić information content (AvgIpc) is 2.37. The van der Waals surface area contributed by atoms with E-state index in [2.05, 4.69) is 0 Å². The van der Waals surface area contributed by atoms with E-state index in [0.29, 0.717) is 0 Å². The van der Waals surface area contributed by atoms with Crippen LogP contribution in [-0.2, 0) is 4.79 Å². The van der Waals surface area contributed by atoms with Gasteiger partial charge in [0.25, 0.3) is 0 Å². The lowest BCUT2D eigenvalue weighted by molar-refractivity contribution is -0.141. The maximum atomic E-state index is 13.7. The fourth-order valence-electron chi connectivity index (χ4n) is 1.31. The molecule has 1 atom stereocenters. The molecule has 104 valence electrons. The third kappa shape index (κ3) is 3.18. The number of likely N-dealkylation sites (N-methyl/N-ethyl adjacent to an activating group) is 1. The smallest absolute Gasteiger partial charge is 0.326 e. The largest absolute Gasteiger partial charge is 0.480 e. The van der Waals surface area contributed by atoms with E-state index in [9.17, 15) is 18.4 Å². The number of aliphatic carboxylic acids is 1. The van der Waals surface area contributed by atoms with Crippen LogP contribution in [0.1, 0.15) is 12.5 Å². The Morgan fingerprint density at radius 2 is 1.95 bits per heavy atom. The van der Waals surface area contributed by atoms with Crippen LogP contribution in [0, 0.1) is 18.6 Å². The van der Waals surface area contributed by atoms with Crippen molar-refractivity contribution in [1.29, 1.82) is 0 Å². The molecule has 0 saturated heterocycles. The number of nitrogens with one attached hydrogen (secondary N) is 1. The van der Waals surface area contributed by atoms with Crippen LogP contribution in [0.2, 0.25) is 0 Å². The molecule has 0 spiro atoms. The molecule has 1 aromatic carbocycles. The first kappa shape index (κ1) is 14.9. The molecule has 1 rings (SSSR count). The molecule has 19 heavy (non-hydrogen) atoms. The molecule has 0 aliphatic rings. The Morgan fingerprint density at radius 1 is 1.37 bits per heavy atom. The molecule has 1 aromatic rings. The minimum atomic E-state index is -1.22. The number of urea groups is 1. The lowest BCUT2D eigenvalue weighted by Gasteiger charge is -2.22. The van der Waals surface area contributed by atoms with Crippen LogP contribution < -0.4 is 5.32 Å². The zero-order valence-corrected chi connectivity index (χ0v) is 10.7. The summed E-state index contributed by atoms with van der Waals surface area (Å²) in [7, 11) is 1.22. The molecular weight excluding hydrogens is 258 g/mol. The third-order valence-electron chi connectivity index (χ3n) is 2.77. The second kappa shape index (κ2) is 5.64. The van der Waals surface area contributed by atoms with Crippen molar-refractivity contribution in [3.05, 3.63) is 29.3 Å². The van der Waals surface area contributed by atoms with Gasteiger partial charge in [-0.15, -0.1) is 0 Å². The van der Waals surface area contributed by atoms with Gasteiger partial charge >= 0.3 is 12.0 Å². The Balaban J connectivity index is 2.95. The second-order valence-electron chi connectivity index (χ2n) is 4.11. The molecule has 0 aliphatic carbocycles. The van der Waals surface area contributed by atoms with Gasteiger partial charge in [0, 0.05) is 7.05 Å². The van der Waals surface area contributed by atoms with Crippen LogP contribution >= 0.6 is 0 Å². The lowest BCUT2D eigenvalue weighted by atomic mass is 10.2. The van der Waals surface area contributed by atoms with E-state index in [1.165, 1.54) is 27.0 Å². The van der Waals surface area contributed by atoms with Gasteiger partial charge in [0.2, 0.25) is 0 Å². The fraction of sp³-hybridized carbons (Fsp3) is 0.333. The lowest BCUT2D eigenvalue weighted by Crippen LogP contribution is -2.42. The second-order valence-corrected chi connectivity index (χ2v) is 4.11. The van der Waals surface area contributed by atoms with E-state index in [0.717, 1.165) is 11.0 Å². The highest BCUT2D eigenvalue weighted by Crippen LogP contribution is 2.22. The molecule has 0 bridgehead atoms. The number of benzene rings is 1. The number of carboxylic acids is 1. The number of carbonyl (C=O) groups is 2. The Hall–Kier alpha value is -2.18. The van der Waals surface area contributed by atoms with E-state index >= 15 is 0 Å². The predicted molar refractivity (Wildman–Crippen MR) is 65.0 cm³/mol. The van der Waals surface area contributed by atoms with Gasteiger partial charge in [-0.25, -0.2) is 18.4 Å². The SMILES string of the molecule is Cc1ccc(F)c(NC(=O)N(C)C(C)C(=O)O)c1F. The van der Waals surface area contributed by atoms with Crippen molar-refractivity contribution in [2.24, 2.45) is 0 Å². The molecule has 5 nitrogen and oxygen atoms in total. The van der Waals surface area contributed by atoms with Crippen LogP contribution in [0.5, 0.6) is 0 Å². The third-order valence-corrected chi connectivity index (χ3v) is 2.77. The maximum Gasteiger partial charge on any atom is 0.326 e. The van der Waals surface area contributed by atoms with E-state index < -0.39 is 35.4 Å². The number of hydrogen-bond acceptors (Lipinski definition) is 2. The van der Waals surface area contributed by atoms with Gasteiger partial charge < -0.3 is 15.3 Å². The molecular formula is C12H14F2N2O3. The Kier molecular flexibility index (Phi) is 4.42. The number of rotatable bonds is 3. The van der Waals surface area contributed by atoms with Crippen molar-refractivity contribution in [2.45, 2.75) is 19.9 Å². The Labute approximate surface area is 108 Å². The van der Waals surface area contributed by atoms with Gasteiger partial charge in [-0.2, -0.15) is 0 Å². The topological polar surface area (TPSA) is 69.6 Å². The van der Waals surface area contributed by atoms with Gasteiger partial charge in [-0.3, -0.25) is 0 Å². The van der Waals surface area contributed by atoms with Crippen LogP contribution in [-0.4, -0.2) is 35.1 Å². The van der Waals surface area contributed by atoms with Crippen molar-refractivity contribution >= 4 is 17.7 Å². The summed E-state index contributed by atoms with van der Waals surface area (Å²) < 4.78 is 27.1. The Bertz CT molecular complexity index is 520. The number of nitrogens with zero attached hydrogens (tertiary/aromatic N) is 1. The number of carboxylic acid groups (broad SMARTS) is 1. The van der Waals surface area contributed by atoms with Gasteiger partial charge in [-0.1, -0.05) is 6.07 Å². The highest BCUT2D eigenvalue weighted by Gasteiger charge is 2.23. The summed E-state index contributed by atoms with van der Waals surface area (Å²) in [5, 5.41) is 10.8. The van der Waals surface area contributed by atoms with Crippen LogP contribution in [0.15, 0.2) is 12.1 Å². The molecule has 0 aliphatic heterocycles. The standard InChI is InChI=1S/C12H14F2N2O3/c1-6-4-5-8(13)10(9(6)14)15-12(19)16(3)7(2)11(17)18/h4-5,7H,1-3H3,(H,15,19)(H,17,18). The Morgan fingerprint density at radius 3 is 2.47 bits per heavy atom. The van der Waals surface area contributed by atoms with E-state index in [-0.39, 0.29) is 5.56 Å². The van der Waals surface area contributed by atoms with Crippen molar-refractivity contribution in [3.63, 3.8) is 0 Å². The molecule has 0 fully saturated rings. The first-order chi connectivity index (χ1) is 8.75. The zero-order chi connectivity index (χ0) is 14.7. The number of carbonyl (C=O) groups excluding carboxylic acids is 1. The number of hydrogen-bond donors (Lipinski definition) is 2. The van der Waals surface area contributed by atoms with Crippen molar-refractivity contribution in [2.75, 3.05) is 12.4 Å². The molecule has 1 unspecified atom stereocenters. The molecule has 0 aromatic heterocycles. The number of anilines is 1. The fourth-order valence-corrected chi connectivity index (χ4v) is 1.31. The minimum absolute atomic E-state index is 0.172. The van der Waals surface area contributed by atoms with Gasteiger partial charge in [0.05, 0.1) is 0 Å². The molecule has 0 saturated carbocycles. The highest BCUT2D eigenvalue weighted by atomic mass is 19.1. The number of aryl methyl sites for hydroxylation is 1. The van der Waals surface area contributed by atoms with Crippen molar-refractivity contribution < 1.29 is 23.5 Å². The van der Waals surface area contributed by atoms with Gasteiger partial charge in [0.15, 0.2) is 5.82 Å². The number of amides is 2. The zero-order valence-electron chi connectivity index (χ0n) is 10.7. The van der Waals surface area contributed by atoms with E-state index in [1.807, 2.05) is 5.32 Å². The quantitative estimate of drug-likeness (QED) is 0.886. The summed E-state index contributed by atoms with van der Waals surface area (Å²) in [4.78, 5) is 23.2. The predicted octanol–water partition coefficient (Wildman–Crippen LogP) is 2.21. The van der Waals surface area contributed by atoms with Crippen LogP contribution in [0.4, 0.5) is 19.3 Å². The monoisotopic (exact) mass is 272 g/mol. The molecule has 0 radical (unpaired) electrons. The molecule has 0 heterocycles. The summed E-state index contributed by atoms with van der Waals surface area (Å²) in [6, 6.07) is 0.243. The maximum absolute atomic E-state index is 13.7. The first-order valence-electron chi connectivity index (χ1n) is 5.47. The average molecular weight is 272 g/mol. The van der Waals surface area contributed by atoms with Crippen molar-refractivity contribution in [3.8, 4) is 0 Å². The van der Waals surface area contributed by atoms with Gasteiger partial charge in [-0.05, 0) is 25.5 Å². The van der Waals surface area contributed by atoms with E-state index in [4.69, 9.17) is 5.11 Å². The van der Waals surface area contributed by atoms with E-state index in [1.54, 1.807) is 0 Å².